The number of hydrogen-bond donors (Lipinski definition) is 0. The van der Waals surface area contributed by atoms with E-state index in [-0.39, 0.29) is 30.1 Å². The zero-order valence-electron chi connectivity index (χ0n) is 16.1. The lowest BCUT2D eigenvalue weighted by Crippen LogP contribution is -2.43. The quantitative estimate of drug-likeness (QED) is 0.678. The third kappa shape index (κ3) is 3.14. The topological polar surface area (TPSA) is 94.1 Å². The molecule has 0 radical (unpaired) electrons. The number of piperidine rings is 1. The molecule has 8 nitrogen and oxygen atoms in total. The zero-order valence-corrected chi connectivity index (χ0v) is 16.1. The van der Waals surface area contributed by atoms with Gasteiger partial charge in [-0.3, -0.25) is 9.59 Å². The first-order valence-corrected chi connectivity index (χ1v) is 9.85. The molecule has 2 aromatic heterocycles. The number of fused-ring (bicyclic) bond motifs is 2. The summed E-state index contributed by atoms with van der Waals surface area (Å²) < 4.78 is 6.82. The highest BCUT2D eigenvalue weighted by atomic mass is 16.5. The van der Waals surface area contributed by atoms with Crippen LogP contribution in [0.5, 0.6) is 0 Å². The van der Waals surface area contributed by atoms with Gasteiger partial charge in [-0.2, -0.15) is 10.1 Å². The highest BCUT2D eigenvalue weighted by Crippen LogP contribution is 2.50. The van der Waals surface area contributed by atoms with Gasteiger partial charge in [0.2, 0.25) is 17.6 Å². The zero-order chi connectivity index (χ0) is 20.0. The van der Waals surface area contributed by atoms with E-state index in [2.05, 4.69) is 15.2 Å². The minimum atomic E-state index is -0.283. The molecule has 1 saturated heterocycles. The fraction of sp³-hybridized carbons (Fsp3) is 0.381. The monoisotopic (exact) mass is 391 g/mol. The van der Waals surface area contributed by atoms with E-state index in [0.29, 0.717) is 23.3 Å². The summed E-state index contributed by atoms with van der Waals surface area (Å²) in [5.41, 5.74) is 1.29. The molecule has 8 heteroatoms. The Kier molecular flexibility index (Phi) is 4.26. The van der Waals surface area contributed by atoms with Crippen molar-refractivity contribution in [3.63, 3.8) is 0 Å². The highest BCUT2D eigenvalue weighted by Gasteiger charge is 2.51. The summed E-state index contributed by atoms with van der Waals surface area (Å²) in [7, 11) is 0. The fourth-order valence-electron chi connectivity index (χ4n) is 4.60. The van der Waals surface area contributed by atoms with Crippen molar-refractivity contribution in [1.29, 1.82) is 0 Å². The molecular formula is C21H21N5O3. The molecule has 1 amide bonds. The Bertz CT molecular complexity index is 1110. The van der Waals surface area contributed by atoms with Gasteiger partial charge in [-0.25, -0.2) is 4.68 Å². The smallest absolute Gasteiger partial charge is 0.267 e. The summed E-state index contributed by atoms with van der Waals surface area (Å²) >= 11 is 0. The summed E-state index contributed by atoms with van der Waals surface area (Å²) in [6.07, 6.45) is 2.92. The van der Waals surface area contributed by atoms with Crippen molar-refractivity contribution in [1.82, 2.24) is 24.8 Å². The highest BCUT2D eigenvalue weighted by molar-refractivity contribution is 5.77. The summed E-state index contributed by atoms with van der Waals surface area (Å²) in [6.45, 7) is 1.71. The van der Waals surface area contributed by atoms with Crippen LogP contribution in [-0.2, 0) is 11.3 Å². The molecule has 5 rings (SSSR count). The maximum absolute atomic E-state index is 13.2. The average molecular weight is 391 g/mol. The van der Waals surface area contributed by atoms with Crippen molar-refractivity contribution in [2.45, 2.75) is 44.8 Å². The Morgan fingerprint density at radius 3 is 2.83 bits per heavy atom. The molecular weight excluding hydrogens is 370 g/mol. The minimum absolute atomic E-state index is 0.0834. The van der Waals surface area contributed by atoms with E-state index in [1.54, 1.807) is 13.0 Å². The molecule has 29 heavy (non-hydrogen) atoms. The predicted molar refractivity (Wildman–Crippen MR) is 104 cm³/mol. The number of likely N-dealkylation sites (tertiary alicyclic amines) is 1. The Balaban J connectivity index is 1.43. The number of aromatic nitrogens is 4. The molecule has 2 fully saturated rings. The number of amides is 1. The largest absolute Gasteiger partial charge is 0.337 e. The second-order valence-corrected chi connectivity index (χ2v) is 7.77. The molecule has 1 saturated carbocycles. The van der Waals surface area contributed by atoms with Gasteiger partial charge in [-0.1, -0.05) is 35.5 Å². The summed E-state index contributed by atoms with van der Waals surface area (Å²) in [4.78, 5) is 31.7. The molecule has 1 aliphatic heterocycles. The standard InChI is InChI=1S/C21H21N5O3/c1-13-7-10-17(27)25(23-13)12-18(28)26-16-9-8-15(11-16)19(26)21-22-20(24-29-21)14-5-3-2-4-6-14/h2-7,10,15-16,19H,8-9,11-12H2,1H3/t15-,16-,19+/m1/s1. The normalized spacial score (nSPS) is 22.9. The van der Waals surface area contributed by atoms with Crippen LogP contribution in [-0.4, -0.2) is 36.8 Å². The van der Waals surface area contributed by atoms with E-state index in [1.165, 1.54) is 10.7 Å². The Morgan fingerprint density at radius 1 is 1.17 bits per heavy atom. The predicted octanol–water partition coefficient (Wildman–Crippen LogP) is 2.35. The van der Waals surface area contributed by atoms with Crippen molar-refractivity contribution in [3.05, 3.63) is 64.4 Å². The third-order valence-electron chi connectivity index (χ3n) is 5.88. The Morgan fingerprint density at radius 2 is 2.00 bits per heavy atom. The molecule has 0 unspecified atom stereocenters. The van der Waals surface area contributed by atoms with Crippen LogP contribution in [0.4, 0.5) is 0 Å². The van der Waals surface area contributed by atoms with Crippen LogP contribution in [0.1, 0.15) is 36.9 Å². The lowest BCUT2D eigenvalue weighted by Gasteiger charge is -2.33. The number of carbonyl (C=O) groups is 1. The van der Waals surface area contributed by atoms with Gasteiger partial charge >= 0.3 is 0 Å². The van der Waals surface area contributed by atoms with Gasteiger partial charge in [0.25, 0.3) is 5.56 Å². The lowest BCUT2D eigenvalue weighted by atomic mass is 9.98. The maximum Gasteiger partial charge on any atom is 0.267 e. The SMILES string of the molecule is Cc1ccc(=O)n(CC(=O)N2[C@@H]3CC[C@H](C3)[C@H]2c2nc(-c3ccccc3)no2)n1. The molecule has 0 N–H and O–H groups in total. The maximum atomic E-state index is 13.2. The van der Waals surface area contributed by atoms with Crippen molar-refractivity contribution < 1.29 is 9.32 Å². The van der Waals surface area contributed by atoms with Crippen LogP contribution >= 0.6 is 0 Å². The Hall–Kier alpha value is -3.29. The number of aryl methyl sites for hydroxylation is 1. The van der Waals surface area contributed by atoms with Crippen molar-refractivity contribution >= 4 is 5.91 Å². The van der Waals surface area contributed by atoms with Gasteiger partial charge in [-0.15, -0.1) is 0 Å². The molecule has 2 aliphatic rings. The first-order valence-electron chi connectivity index (χ1n) is 9.85. The van der Waals surface area contributed by atoms with Crippen molar-refractivity contribution in [2.24, 2.45) is 5.92 Å². The average Bonchev–Trinajstić information content (AvgIpc) is 3.47. The third-order valence-corrected chi connectivity index (χ3v) is 5.88. The van der Waals surface area contributed by atoms with Gasteiger partial charge in [0.05, 0.1) is 5.69 Å². The number of nitrogens with zero attached hydrogens (tertiary/aromatic N) is 5. The van der Waals surface area contributed by atoms with E-state index in [1.807, 2.05) is 35.2 Å². The first kappa shape index (κ1) is 17.8. The lowest BCUT2D eigenvalue weighted by molar-refractivity contribution is -0.137. The van der Waals surface area contributed by atoms with Crippen LogP contribution in [0.3, 0.4) is 0 Å². The van der Waals surface area contributed by atoms with Gasteiger partial charge in [0, 0.05) is 17.7 Å². The van der Waals surface area contributed by atoms with E-state index in [4.69, 9.17) is 4.52 Å². The van der Waals surface area contributed by atoms with Crippen LogP contribution in [0.25, 0.3) is 11.4 Å². The number of carbonyl (C=O) groups excluding carboxylic acids is 1. The molecule has 148 valence electrons. The van der Waals surface area contributed by atoms with Crippen molar-refractivity contribution in [3.8, 4) is 11.4 Å². The summed E-state index contributed by atoms with van der Waals surface area (Å²) in [5.74, 6) is 1.15. The molecule has 3 atom stereocenters. The molecule has 0 spiro atoms. The molecule has 1 aliphatic carbocycles. The first-order chi connectivity index (χ1) is 14.1. The summed E-state index contributed by atoms with van der Waals surface area (Å²) in [6, 6.07) is 12.6. The molecule has 1 aromatic carbocycles. The molecule has 3 heterocycles. The minimum Gasteiger partial charge on any atom is -0.337 e. The van der Waals surface area contributed by atoms with Crippen LogP contribution in [0.2, 0.25) is 0 Å². The van der Waals surface area contributed by atoms with Crippen molar-refractivity contribution in [2.75, 3.05) is 0 Å². The number of rotatable bonds is 4. The van der Waals surface area contributed by atoms with Gasteiger partial charge in [0.1, 0.15) is 12.6 Å². The van der Waals surface area contributed by atoms with Gasteiger partial charge in [0.15, 0.2) is 0 Å². The van der Waals surface area contributed by atoms with E-state index < -0.39 is 0 Å². The van der Waals surface area contributed by atoms with Gasteiger partial charge in [-0.05, 0) is 38.2 Å². The van der Waals surface area contributed by atoms with E-state index >= 15 is 0 Å². The number of benzene rings is 1. The molecule has 3 aromatic rings. The fourth-order valence-corrected chi connectivity index (χ4v) is 4.60. The van der Waals surface area contributed by atoms with E-state index in [0.717, 1.165) is 24.8 Å². The second-order valence-electron chi connectivity index (χ2n) is 7.77. The van der Waals surface area contributed by atoms with Gasteiger partial charge < -0.3 is 9.42 Å². The van der Waals surface area contributed by atoms with E-state index in [9.17, 15) is 9.59 Å². The second kappa shape index (κ2) is 6.95. The van der Waals surface area contributed by atoms with Crippen LogP contribution in [0.15, 0.2) is 51.8 Å². The summed E-state index contributed by atoms with van der Waals surface area (Å²) in [5, 5.41) is 8.32. The number of hydrogen-bond acceptors (Lipinski definition) is 6. The van der Waals surface area contributed by atoms with Crippen LogP contribution in [0, 0.1) is 12.8 Å². The Labute approximate surface area is 167 Å². The molecule has 2 bridgehead atoms. The van der Waals surface area contributed by atoms with Crippen LogP contribution < -0.4 is 5.56 Å².